The molecule has 3 amide bonds. The van der Waals surface area contributed by atoms with Crippen molar-refractivity contribution in [3.05, 3.63) is 51.6 Å². The molecule has 1 fully saturated rings. The number of anilines is 2. The van der Waals surface area contributed by atoms with Crippen molar-refractivity contribution in [2.45, 2.75) is 19.8 Å². The molecule has 0 unspecified atom stereocenters. The van der Waals surface area contributed by atoms with Crippen LogP contribution in [0.2, 0.25) is 0 Å². The Morgan fingerprint density at radius 1 is 1.24 bits per heavy atom. The first-order valence-corrected chi connectivity index (χ1v) is 9.36. The van der Waals surface area contributed by atoms with Gasteiger partial charge in [0.15, 0.2) is 0 Å². The average Bonchev–Trinajstić information content (AvgIpc) is 3.25. The summed E-state index contributed by atoms with van der Waals surface area (Å²) in [5.74, 6) is -2.17. The van der Waals surface area contributed by atoms with Crippen LogP contribution in [0, 0.1) is 10.1 Å². The number of nitrogens with zero attached hydrogens (tertiary/aromatic N) is 2. The molecule has 2 heterocycles. The first kappa shape index (κ1) is 20.1. The first-order valence-electron chi connectivity index (χ1n) is 8.54. The van der Waals surface area contributed by atoms with E-state index in [-0.39, 0.29) is 58.1 Å². The number of carbonyl (C=O) groups excluding carboxylic acids is 4. The number of benzene rings is 1. The highest BCUT2D eigenvalue weighted by molar-refractivity contribution is 7.19. The topological polar surface area (TPSA) is 136 Å². The Kier molecular flexibility index (Phi) is 5.69. The molecule has 10 nitrogen and oxygen atoms in total. The standard InChI is InChI=1S/C18H15N3O7S/c1-2-28-18(25)12-9-15(21(26)27)29-17(12)19-16(24)10-4-3-5-11(8-10)20-13(22)6-7-14(20)23/h3-5,8-9H,2,6-7H2,1H3,(H,19,24). The van der Waals surface area contributed by atoms with E-state index in [9.17, 15) is 29.3 Å². The highest BCUT2D eigenvalue weighted by Crippen LogP contribution is 2.34. The summed E-state index contributed by atoms with van der Waals surface area (Å²) in [4.78, 5) is 59.9. The van der Waals surface area contributed by atoms with Gasteiger partial charge in [-0.1, -0.05) is 6.07 Å². The number of esters is 1. The Morgan fingerprint density at radius 3 is 2.55 bits per heavy atom. The number of ether oxygens (including phenoxy) is 1. The van der Waals surface area contributed by atoms with E-state index in [1.165, 1.54) is 24.3 Å². The predicted molar refractivity (Wildman–Crippen MR) is 103 cm³/mol. The maximum Gasteiger partial charge on any atom is 0.341 e. The summed E-state index contributed by atoms with van der Waals surface area (Å²) in [7, 11) is 0. The van der Waals surface area contributed by atoms with Gasteiger partial charge in [-0.05, 0) is 36.5 Å². The molecule has 1 aromatic carbocycles. The lowest BCUT2D eigenvalue weighted by Crippen LogP contribution is -2.28. The molecule has 0 aliphatic carbocycles. The predicted octanol–water partition coefficient (Wildman–Crippen LogP) is 2.74. The first-order chi connectivity index (χ1) is 13.8. The molecule has 11 heteroatoms. The van der Waals surface area contributed by atoms with Crippen molar-refractivity contribution in [1.82, 2.24) is 0 Å². The third-order valence-corrected chi connectivity index (χ3v) is 5.04. The van der Waals surface area contributed by atoms with Gasteiger partial charge in [0.1, 0.15) is 10.6 Å². The van der Waals surface area contributed by atoms with E-state index < -0.39 is 16.8 Å². The fraction of sp³-hybridized carbons (Fsp3) is 0.222. The fourth-order valence-electron chi connectivity index (χ4n) is 2.75. The van der Waals surface area contributed by atoms with Gasteiger partial charge >= 0.3 is 11.0 Å². The van der Waals surface area contributed by atoms with Crippen LogP contribution in [0.5, 0.6) is 0 Å². The smallest absolute Gasteiger partial charge is 0.341 e. The third kappa shape index (κ3) is 4.14. The molecule has 0 saturated carbocycles. The molecule has 29 heavy (non-hydrogen) atoms. The van der Waals surface area contributed by atoms with Crippen LogP contribution >= 0.6 is 11.3 Å². The van der Waals surface area contributed by atoms with E-state index in [0.29, 0.717) is 11.3 Å². The Labute approximate surface area is 168 Å². The van der Waals surface area contributed by atoms with E-state index in [4.69, 9.17) is 4.74 Å². The number of hydrogen-bond acceptors (Lipinski definition) is 8. The summed E-state index contributed by atoms with van der Waals surface area (Å²) >= 11 is 0.625. The maximum atomic E-state index is 12.6. The van der Waals surface area contributed by atoms with Crippen molar-refractivity contribution in [1.29, 1.82) is 0 Å². The Bertz CT molecular complexity index is 1010. The third-order valence-electron chi connectivity index (χ3n) is 4.04. The quantitative estimate of drug-likeness (QED) is 0.330. The van der Waals surface area contributed by atoms with Crippen LogP contribution in [0.1, 0.15) is 40.5 Å². The summed E-state index contributed by atoms with van der Waals surface area (Å²) < 4.78 is 4.87. The van der Waals surface area contributed by atoms with Gasteiger partial charge in [0, 0.05) is 24.5 Å². The lowest BCUT2D eigenvalue weighted by Gasteiger charge is -2.14. The molecule has 0 radical (unpaired) electrons. The van der Waals surface area contributed by atoms with Gasteiger partial charge < -0.3 is 10.1 Å². The van der Waals surface area contributed by atoms with Crippen molar-refractivity contribution in [3.63, 3.8) is 0 Å². The van der Waals surface area contributed by atoms with E-state index in [1.807, 2.05) is 0 Å². The summed E-state index contributed by atoms with van der Waals surface area (Å²) in [6.07, 6.45) is 0.216. The van der Waals surface area contributed by atoms with Crippen molar-refractivity contribution in [3.8, 4) is 0 Å². The largest absolute Gasteiger partial charge is 0.462 e. The van der Waals surface area contributed by atoms with Crippen LogP contribution in [0.15, 0.2) is 30.3 Å². The number of hydrogen-bond donors (Lipinski definition) is 1. The fourth-order valence-corrected chi connectivity index (χ4v) is 3.60. The molecule has 0 atom stereocenters. The second kappa shape index (κ2) is 8.19. The van der Waals surface area contributed by atoms with Gasteiger partial charge in [-0.25, -0.2) is 4.79 Å². The average molecular weight is 417 g/mol. The van der Waals surface area contributed by atoms with Crippen molar-refractivity contribution >= 4 is 50.7 Å². The molecule has 0 spiro atoms. The summed E-state index contributed by atoms with van der Waals surface area (Å²) in [6.45, 7) is 1.65. The van der Waals surface area contributed by atoms with Gasteiger partial charge in [-0.3, -0.25) is 29.4 Å². The minimum absolute atomic E-state index is 0.0288. The SMILES string of the molecule is CCOC(=O)c1cc([N+](=O)[O-])sc1NC(=O)c1cccc(N2C(=O)CCC2=O)c1. The Hall–Kier alpha value is -3.60. The van der Waals surface area contributed by atoms with Gasteiger partial charge in [0.2, 0.25) is 11.8 Å². The zero-order valence-electron chi connectivity index (χ0n) is 15.2. The second-order valence-corrected chi connectivity index (χ2v) is 6.96. The van der Waals surface area contributed by atoms with Gasteiger partial charge in [0.25, 0.3) is 5.91 Å². The van der Waals surface area contributed by atoms with Crippen LogP contribution in [0.25, 0.3) is 0 Å². The van der Waals surface area contributed by atoms with E-state index >= 15 is 0 Å². The van der Waals surface area contributed by atoms with E-state index in [1.54, 1.807) is 6.92 Å². The minimum Gasteiger partial charge on any atom is -0.462 e. The normalized spacial score (nSPS) is 13.5. The Morgan fingerprint density at radius 2 is 1.93 bits per heavy atom. The molecular weight excluding hydrogens is 402 g/mol. The molecule has 0 bridgehead atoms. The zero-order chi connectivity index (χ0) is 21.1. The van der Waals surface area contributed by atoms with Crippen molar-refractivity contribution in [2.24, 2.45) is 0 Å². The Balaban J connectivity index is 1.88. The van der Waals surface area contributed by atoms with E-state index in [2.05, 4.69) is 5.32 Å². The van der Waals surface area contributed by atoms with Gasteiger partial charge in [-0.2, -0.15) is 0 Å². The molecule has 2 aromatic rings. The van der Waals surface area contributed by atoms with Crippen molar-refractivity contribution in [2.75, 3.05) is 16.8 Å². The number of nitrogens with one attached hydrogen (secondary N) is 1. The highest BCUT2D eigenvalue weighted by atomic mass is 32.1. The van der Waals surface area contributed by atoms with Gasteiger partial charge in [0.05, 0.1) is 17.2 Å². The van der Waals surface area contributed by atoms with Crippen LogP contribution in [0.3, 0.4) is 0 Å². The zero-order valence-corrected chi connectivity index (χ0v) is 16.0. The molecular formula is C18H15N3O7S. The lowest BCUT2D eigenvalue weighted by atomic mass is 10.1. The number of rotatable bonds is 6. The molecule has 150 valence electrons. The van der Waals surface area contributed by atoms with Crippen molar-refractivity contribution < 1.29 is 28.8 Å². The molecule has 1 aliphatic rings. The lowest BCUT2D eigenvalue weighted by molar-refractivity contribution is -0.380. The summed E-state index contributed by atoms with van der Waals surface area (Å²) in [6, 6.07) is 6.89. The molecule has 3 rings (SSSR count). The van der Waals surface area contributed by atoms with Gasteiger partial charge in [-0.15, -0.1) is 0 Å². The number of nitro groups is 1. The molecule has 1 aliphatic heterocycles. The summed E-state index contributed by atoms with van der Waals surface area (Å²) in [5, 5.41) is 13.1. The summed E-state index contributed by atoms with van der Waals surface area (Å²) in [5.41, 5.74) is 0.242. The molecule has 1 aromatic heterocycles. The van der Waals surface area contributed by atoms with Crippen LogP contribution in [-0.4, -0.2) is 35.2 Å². The maximum absolute atomic E-state index is 12.6. The van der Waals surface area contributed by atoms with Crippen LogP contribution in [-0.2, 0) is 14.3 Å². The minimum atomic E-state index is -0.797. The molecule has 1 saturated heterocycles. The molecule has 1 N–H and O–H groups in total. The second-order valence-electron chi connectivity index (χ2n) is 5.93. The highest BCUT2D eigenvalue weighted by Gasteiger charge is 2.31. The van der Waals surface area contributed by atoms with Crippen LogP contribution < -0.4 is 10.2 Å². The van der Waals surface area contributed by atoms with E-state index in [0.717, 1.165) is 11.0 Å². The number of imide groups is 1. The number of amides is 3. The monoisotopic (exact) mass is 417 g/mol. The number of carbonyl (C=O) groups is 4. The van der Waals surface area contributed by atoms with Crippen LogP contribution in [0.4, 0.5) is 15.7 Å². The number of thiophene rings is 1.